The highest BCUT2D eigenvalue weighted by Crippen LogP contribution is 2.28. The number of hydrogen-bond donors (Lipinski definition) is 0. The Morgan fingerprint density at radius 3 is 2.70 bits per heavy atom. The van der Waals surface area contributed by atoms with Crippen LogP contribution < -0.4 is 10.5 Å². The lowest BCUT2D eigenvalue weighted by molar-refractivity contribution is 0.0903. The van der Waals surface area contributed by atoms with E-state index in [0.29, 0.717) is 18.2 Å². The predicted molar refractivity (Wildman–Crippen MR) is 120 cm³/mol. The Balaban J connectivity index is 1.64. The Morgan fingerprint density at radius 2 is 1.93 bits per heavy atom. The van der Waals surface area contributed by atoms with Crippen LogP contribution >= 0.6 is 11.8 Å². The number of Topliss-reactive ketones (excluding diaryl/α,β-unsaturated/α-hetero) is 1. The summed E-state index contributed by atoms with van der Waals surface area (Å²) >= 11 is 1.59. The van der Waals surface area contributed by atoms with Gasteiger partial charge in [-0.25, -0.2) is 4.98 Å². The van der Waals surface area contributed by atoms with E-state index < -0.39 is 0 Å². The van der Waals surface area contributed by atoms with Gasteiger partial charge in [-0.3, -0.25) is 19.1 Å². The molecule has 1 atom stereocenters. The molecule has 0 amide bonds. The Labute approximate surface area is 180 Å². The summed E-state index contributed by atoms with van der Waals surface area (Å²) in [4.78, 5) is 37.8. The van der Waals surface area contributed by atoms with Crippen LogP contribution in [-0.2, 0) is 7.05 Å². The lowest BCUT2D eigenvalue weighted by Crippen LogP contribution is -2.42. The number of carbonyl (C=O) groups is 1. The van der Waals surface area contributed by atoms with Crippen LogP contribution in [-0.4, -0.2) is 39.7 Å². The van der Waals surface area contributed by atoms with Crippen molar-refractivity contribution in [3.05, 3.63) is 70.8 Å². The minimum absolute atomic E-state index is 0.117. The zero-order valence-corrected chi connectivity index (χ0v) is 17.9. The summed E-state index contributed by atoms with van der Waals surface area (Å²) < 4.78 is 1.56. The van der Waals surface area contributed by atoms with Gasteiger partial charge in [-0.1, -0.05) is 18.2 Å². The maximum Gasteiger partial charge on any atom is 0.255 e. The van der Waals surface area contributed by atoms with Crippen molar-refractivity contribution < 1.29 is 4.79 Å². The molecule has 0 bridgehead atoms. The van der Waals surface area contributed by atoms with Gasteiger partial charge in [0.1, 0.15) is 0 Å². The molecule has 0 saturated carbocycles. The number of rotatable bonds is 5. The number of thioether (sulfide) groups is 1. The highest BCUT2D eigenvalue weighted by Gasteiger charge is 2.29. The first-order chi connectivity index (χ1) is 14.6. The van der Waals surface area contributed by atoms with Gasteiger partial charge in [0.05, 0.1) is 5.69 Å². The molecule has 0 radical (unpaired) electrons. The van der Waals surface area contributed by atoms with Gasteiger partial charge in [0, 0.05) is 60.5 Å². The maximum atomic E-state index is 13.3. The Morgan fingerprint density at radius 1 is 1.17 bits per heavy atom. The number of aromatic nitrogens is 3. The van der Waals surface area contributed by atoms with Gasteiger partial charge < -0.3 is 4.90 Å². The van der Waals surface area contributed by atoms with E-state index in [9.17, 15) is 9.59 Å². The van der Waals surface area contributed by atoms with Crippen LogP contribution in [0.1, 0.15) is 23.2 Å². The van der Waals surface area contributed by atoms with Gasteiger partial charge in [-0.2, -0.15) is 0 Å². The molecule has 0 aliphatic carbocycles. The van der Waals surface area contributed by atoms with Crippen molar-refractivity contribution in [2.24, 2.45) is 13.0 Å². The van der Waals surface area contributed by atoms with Crippen LogP contribution in [0.4, 0.5) is 5.95 Å². The maximum absolute atomic E-state index is 13.3. The van der Waals surface area contributed by atoms with Crippen LogP contribution in [0.15, 0.2) is 64.5 Å². The van der Waals surface area contributed by atoms with Crippen molar-refractivity contribution in [1.82, 2.24) is 14.5 Å². The summed E-state index contributed by atoms with van der Waals surface area (Å²) in [5.41, 5.74) is 2.14. The monoisotopic (exact) mass is 420 g/mol. The second-order valence-electron chi connectivity index (χ2n) is 7.42. The number of anilines is 1. The Kier molecular flexibility index (Phi) is 5.99. The highest BCUT2D eigenvalue weighted by atomic mass is 32.2. The minimum atomic E-state index is -0.118. The van der Waals surface area contributed by atoms with Crippen molar-refractivity contribution >= 4 is 23.5 Å². The second kappa shape index (κ2) is 8.83. The zero-order chi connectivity index (χ0) is 21.1. The van der Waals surface area contributed by atoms with Crippen LogP contribution in [0.2, 0.25) is 0 Å². The highest BCUT2D eigenvalue weighted by molar-refractivity contribution is 7.98. The van der Waals surface area contributed by atoms with Crippen LogP contribution in [0.25, 0.3) is 11.3 Å². The quantitative estimate of drug-likeness (QED) is 0.463. The summed E-state index contributed by atoms with van der Waals surface area (Å²) in [6, 6.07) is 13.0. The number of carbonyl (C=O) groups excluding carboxylic acids is 1. The first-order valence-electron chi connectivity index (χ1n) is 9.99. The van der Waals surface area contributed by atoms with Gasteiger partial charge in [0.25, 0.3) is 5.56 Å². The molecule has 1 aliphatic rings. The fourth-order valence-electron chi connectivity index (χ4n) is 3.92. The summed E-state index contributed by atoms with van der Waals surface area (Å²) in [5, 5.41) is 0. The Hall–Kier alpha value is -2.93. The van der Waals surface area contributed by atoms with Crippen LogP contribution in [0.3, 0.4) is 0 Å². The third-order valence-electron chi connectivity index (χ3n) is 5.53. The van der Waals surface area contributed by atoms with Crippen molar-refractivity contribution in [2.45, 2.75) is 17.7 Å². The fourth-order valence-corrected chi connectivity index (χ4v) is 4.52. The summed E-state index contributed by atoms with van der Waals surface area (Å²) in [6.07, 6.45) is 7.09. The van der Waals surface area contributed by atoms with Crippen molar-refractivity contribution in [3.63, 3.8) is 0 Å². The largest absolute Gasteiger partial charge is 0.341 e. The molecule has 1 aromatic carbocycles. The molecule has 1 aliphatic heterocycles. The Bertz CT molecular complexity index is 1110. The van der Waals surface area contributed by atoms with E-state index >= 15 is 0 Å². The lowest BCUT2D eigenvalue weighted by atomic mass is 9.90. The summed E-state index contributed by atoms with van der Waals surface area (Å²) in [6.45, 7) is 1.33. The normalized spacial score (nSPS) is 16.5. The molecule has 154 valence electrons. The molecule has 1 saturated heterocycles. The molecular weight excluding hydrogens is 396 g/mol. The van der Waals surface area contributed by atoms with E-state index in [1.165, 1.54) is 0 Å². The van der Waals surface area contributed by atoms with E-state index in [1.807, 2.05) is 42.7 Å². The summed E-state index contributed by atoms with van der Waals surface area (Å²) in [5.74, 6) is 0.651. The third-order valence-corrected chi connectivity index (χ3v) is 6.33. The number of nitrogens with zero attached hydrogens (tertiary/aromatic N) is 4. The lowest BCUT2D eigenvalue weighted by Gasteiger charge is -2.33. The number of ketones is 1. The van der Waals surface area contributed by atoms with Gasteiger partial charge in [-0.05, 0) is 37.3 Å². The number of benzene rings is 1. The average molecular weight is 421 g/mol. The topological polar surface area (TPSA) is 68.1 Å². The van der Waals surface area contributed by atoms with Gasteiger partial charge in [-0.15, -0.1) is 11.8 Å². The molecule has 4 rings (SSSR count). The van der Waals surface area contributed by atoms with E-state index in [0.717, 1.165) is 35.4 Å². The smallest absolute Gasteiger partial charge is 0.255 e. The first kappa shape index (κ1) is 20.3. The average Bonchev–Trinajstić information content (AvgIpc) is 2.81. The van der Waals surface area contributed by atoms with Gasteiger partial charge in [0.2, 0.25) is 5.95 Å². The van der Waals surface area contributed by atoms with E-state index in [1.54, 1.807) is 41.8 Å². The minimum Gasteiger partial charge on any atom is -0.341 e. The fraction of sp³-hybridized carbons (Fsp3) is 0.304. The van der Waals surface area contributed by atoms with Crippen molar-refractivity contribution in [3.8, 4) is 11.3 Å². The first-order valence-corrected chi connectivity index (χ1v) is 11.2. The molecule has 30 heavy (non-hydrogen) atoms. The zero-order valence-electron chi connectivity index (χ0n) is 17.1. The molecule has 0 N–H and O–H groups in total. The van der Waals surface area contributed by atoms with Crippen molar-refractivity contribution in [1.29, 1.82) is 0 Å². The summed E-state index contributed by atoms with van der Waals surface area (Å²) in [7, 11) is 1.73. The molecule has 2 aromatic heterocycles. The molecule has 3 heterocycles. The SMILES string of the molecule is CSc1ccccc1C(=O)C1CCCN(c2nc(-c3ccncc3)cc(=O)n2C)C1. The third kappa shape index (κ3) is 4.03. The molecular formula is C23H24N4O2S. The predicted octanol–water partition coefficient (Wildman–Crippen LogP) is 3.66. The number of piperidine rings is 1. The van der Waals surface area contributed by atoms with E-state index in [4.69, 9.17) is 4.98 Å². The molecule has 3 aromatic rings. The van der Waals surface area contributed by atoms with E-state index in [2.05, 4.69) is 9.88 Å². The van der Waals surface area contributed by atoms with Crippen LogP contribution in [0, 0.1) is 5.92 Å². The van der Waals surface area contributed by atoms with Gasteiger partial charge >= 0.3 is 0 Å². The number of hydrogen-bond acceptors (Lipinski definition) is 6. The second-order valence-corrected chi connectivity index (χ2v) is 8.27. The van der Waals surface area contributed by atoms with Crippen molar-refractivity contribution in [2.75, 3.05) is 24.2 Å². The molecule has 1 fully saturated rings. The molecule has 0 spiro atoms. The molecule has 6 nitrogen and oxygen atoms in total. The molecule has 1 unspecified atom stereocenters. The van der Waals surface area contributed by atoms with E-state index in [-0.39, 0.29) is 17.3 Å². The van der Waals surface area contributed by atoms with Crippen LogP contribution in [0.5, 0.6) is 0 Å². The molecule has 7 heteroatoms. The standard InChI is InChI=1S/C23H24N4O2S/c1-26-21(28)14-19(16-9-11-24-12-10-16)25-23(26)27-13-5-6-17(15-27)22(29)18-7-3-4-8-20(18)30-2/h3-4,7-12,14,17H,5-6,13,15H2,1-2H3. The van der Waals surface area contributed by atoms with Gasteiger partial charge in [0.15, 0.2) is 5.78 Å². The number of pyridine rings is 1.